The fourth-order valence-electron chi connectivity index (χ4n) is 1.73. The van der Waals surface area contributed by atoms with Crippen LogP contribution in [0.25, 0.3) is 0 Å². The van der Waals surface area contributed by atoms with E-state index in [1.165, 1.54) is 12.8 Å². The number of rotatable bonds is 5. The zero-order valence-electron chi connectivity index (χ0n) is 9.31. The molecule has 1 aliphatic rings. The molecule has 0 aromatic heterocycles. The van der Waals surface area contributed by atoms with Gasteiger partial charge in [0.05, 0.1) is 0 Å². The Morgan fingerprint density at radius 2 is 2.43 bits per heavy atom. The van der Waals surface area contributed by atoms with Crippen molar-refractivity contribution < 1.29 is 4.79 Å². The smallest absolute Gasteiger partial charge is 0.222 e. The van der Waals surface area contributed by atoms with Crippen LogP contribution < -0.4 is 10.6 Å². The van der Waals surface area contributed by atoms with Crippen LogP contribution in [0.15, 0.2) is 0 Å². The van der Waals surface area contributed by atoms with Crippen molar-refractivity contribution in [2.45, 2.75) is 45.6 Å². The molecule has 1 aliphatic heterocycles. The molecule has 1 fully saturated rings. The topological polar surface area (TPSA) is 41.1 Å². The van der Waals surface area contributed by atoms with Gasteiger partial charge in [-0.3, -0.25) is 4.79 Å². The van der Waals surface area contributed by atoms with Crippen molar-refractivity contribution in [3.63, 3.8) is 0 Å². The summed E-state index contributed by atoms with van der Waals surface area (Å²) < 4.78 is 0. The Morgan fingerprint density at radius 3 is 3.00 bits per heavy atom. The Morgan fingerprint density at radius 1 is 1.64 bits per heavy atom. The molecule has 0 bridgehead atoms. The number of hydrogen-bond acceptors (Lipinski definition) is 2. The van der Waals surface area contributed by atoms with Gasteiger partial charge in [-0.1, -0.05) is 13.8 Å². The molecule has 0 aromatic carbocycles. The molecule has 3 heteroatoms. The number of carbonyl (C=O) groups is 1. The summed E-state index contributed by atoms with van der Waals surface area (Å²) in [5.74, 6) is 0.358. The molecule has 0 spiro atoms. The second-order valence-electron chi connectivity index (χ2n) is 4.18. The molecule has 2 atom stereocenters. The maximum atomic E-state index is 11.4. The highest BCUT2D eigenvalue weighted by Crippen LogP contribution is 2.07. The van der Waals surface area contributed by atoms with Gasteiger partial charge in [-0.05, 0) is 32.2 Å². The van der Waals surface area contributed by atoms with Crippen molar-refractivity contribution >= 4 is 5.91 Å². The van der Waals surface area contributed by atoms with E-state index in [-0.39, 0.29) is 11.8 Å². The molecule has 0 aliphatic carbocycles. The summed E-state index contributed by atoms with van der Waals surface area (Å²) >= 11 is 0. The predicted octanol–water partition coefficient (Wildman–Crippen LogP) is 1.29. The van der Waals surface area contributed by atoms with Crippen LogP contribution in [0, 0.1) is 5.92 Å². The summed E-state index contributed by atoms with van der Waals surface area (Å²) in [4.78, 5) is 11.4. The Bertz CT molecular complexity index is 176. The van der Waals surface area contributed by atoms with Gasteiger partial charge >= 0.3 is 0 Å². The Balaban J connectivity index is 2.05. The van der Waals surface area contributed by atoms with Gasteiger partial charge < -0.3 is 10.6 Å². The van der Waals surface area contributed by atoms with E-state index in [4.69, 9.17) is 0 Å². The van der Waals surface area contributed by atoms with E-state index in [0.717, 1.165) is 25.9 Å². The highest BCUT2D eigenvalue weighted by atomic mass is 16.1. The minimum atomic E-state index is 0.159. The van der Waals surface area contributed by atoms with Crippen molar-refractivity contribution in [2.24, 2.45) is 5.92 Å². The molecule has 1 amide bonds. The Labute approximate surface area is 86.6 Å². The molecule has 14 heavy (non-hydrogen) atoms. The van der Waals surface area contributed by atoms with Crippen molar-refractivity contribution in [3.05, 3.63) is 0 Å². The lowest BCUT2D eigenvalue weighted by Crippen LogP contribution is -2.33. The standard InChI is InChI=1S/C11H22N2O/c1-3-9(2)11(14)13-8-6-10-5-4-7-12-10/h9-10,12H,3-8H2,1-2H3,(H,13,14)/t9?,10-/m0/s1. The number of carbonyl (C=O) groups excluding carboxylic acids is 1. The lowest BCUT2D eigenvalue weighted by molar-refractivity contribution is -0.124. The fraction of sp³-hybridized carbons (Fsp3) is 0.909. The van der Waals surface area contributed by atoms with Gasteiger partial charge in [-0.2, -0.15) is 0 Å². The zero-order chi connectivity index (χ0) is 10.4. The van der Waals surface area contributed by atoms with E-state index in [1.54, 1.807) is 0 Å². The second-order valence-corrected chi connectivity index (χ2v) is 4.18. The molecular weight excluding hydrogens is 176 g/mol. The summed E-state index contributed by atoms with van der Waals surface area (Å²) in [5.41, 5.74) is 0. The largest absolute Gasteiger partial charge is 0.356 e. The monoisotopic (exact) mass is 198 g/mol. The highest BCUT2D eigenvalue weighted by molar-refractivity contribution is 5.78. The van der Waals surface area contributed by atoms with Crippen LogP contribution >= 0.6 is 0 Å². The first kappa shape index (κ1) is 11.5. The molecule has 82 valence electrons. The van der Waals surface area contributed by atoms with Crippen molar-refractivity contribution in [3.8, 4) is 0 Å². The van der Waals surface area contributed by atoms with Gasteiger partial charge in [0.2, 0.25) is 5.91 Å². The van der Waals surface area contributed by atoms with Gasteiger partial charge in [0.1, 0.15) is 0 Å². The van der Waals surface area contributed by atoms with Gasteiger partial charge in [0.15, 0.2) is 0 Å². The van der Waals surface area contributed by atoms with Crippen LogP contribution in [0.3, 0.4) is 0 Å². The third-order valence-corrected chi connectivity index (χ3v) is 3.01. The van der Waals surface area contributed by atoms with Crippen molar-refractivity contribution in [1.82, 2.24) is 10.6 Å². The molecule has 0 radical (unpaired) electrons. The predicted molar refractivity (Wildman–Crippen MR) is 58.1 cm³/mol. The number of amides is 1. The molecule has 0 aromatic rings. The summed E-state index contributed by atoms with van der Waals surface area (Å²) in [6.07, 6.45) is 4.54. The van der Waals surface area contributed by atoms with Crippen LogP contribution in [-0.2, 0) is 4.79 Å². The highest BCUT2D eigenvalue weighted by Gasteiger charge is 2.14. The molecule has 1 saturated heterocycles. The van der Waals surface area contributed by atoms with Crippen LogP contribution in [0.4, 0.5) is 0 Å². The average molecular weight is 198 g/mol. The molecule has 1 rings (SSSR count). The van der Waals surface area contributed by atoms with Crippen LogP contribution in [0.2, 0.25) is 0 Å². The molecular formula is C11H22N2O. The van der Waals surface area contributed by atoms with E-state index in [0.29, 0.717) is 6.04 Å². The van der Waals surface area contributed by atoms with Crippen LogP contribution in [0.1, 0.15) is 39.5 Å². The third-order valence-electron chi connectivity index (χ3n) is 3.01. The summed E-state index contributed by atoms with van der Waals surface area (Å²) in [7, 11) is 0. The molecule has 3 nitrogen and oxygen atoms in total. The Hall–Kier alpha value is -0.570. The summed E-state index contributed by atoms with van der Waals surface area (Å²) in [6, 6.07) is 0.632. The second kappa shape index (κ2) is 6.02. The molecule has 2 N–H and O–H groups in total. The van der Waals surface area contributed by atoms with Crippen molar-refractivity contribution in [2.75, 3.05) is 13.1 Å². The molecule has 1 heterocycles. The summed E-state index contributed by atoms with van der Waals surface area (Å²) in [5, 5.41) is 6.40. The SMILES string of the molecule is CCC(C)C(=O)NCC[C@@H]1CCCN1. The zero-order valence-corrected chi connectivity index (χ0v) is 9.31. The van der Waals surface area contributed by atoms with Crippen LogP contribution in [-0.4, -0.2) is 25.0 Å². The van der Waals surface area contributed by atoms with Gasteiger partial charge in [0.25, 0.3) is 0 Å². The Kier molecular flexibility index (Phi) is 4.94. The maximum absolute atomic E-state index is 11.4. The lowest BCUT2D eigenvalue weighted by atomic mass is 10.1. The molecule has 1 unspecified atom stereocenters. The van der Waals surface area contributed by atoms with E-state index in [9.17, 15) is 4.79 Å². The average Bonchev–Trinajstić information content (AvgIpc) is 2.69. The lowest BCUT2D eigenvalue weighted by Gasteiger charge is -2.13. The minimum Gasteiger partial charge on any atom is -0.356 e. The van der Waals surface area contributed by atoms with E-state index in [1.807, 2.05) is 13.8 Å². The first-order valence-corrected chi connectivity index (χ1v) is 5.75. The van der Waals surface area contributed by atoms with Gasteiger partial charge in [-0.25, -0.2) is 0 Å². The van der Waals surface area contributed by atoms with E-state index in [2.05, 4.69) is 10.6 Å². The normalized spacial score (nSPS) is 23.4. The van der Waals surface area contributed by atoms with E-state index < -0.39 is 0 Å². The number of nitrogens with one attached hydrogen (secondary N) is 2. The summed E-state index contributed by atoms with van der Waals surface area (Å²) in [6.45, 7) is 5.98. The quantitative estimate of drug-likeness (QED) is 0.699. The molecule has 0 saturated carbocycles. The van der Waals surface area contributed by atoms with Crippen LogP contribution in [0.5, 0.6) is 0 Å². The number of hydrogen-bond donors (Lipinski definition) is 2. The first-order chi connectivity index (χ1) is 6.74. The van der Waals surface area contributed by atoms with E-state index >= 15 is 0 Å². The fourth-order valence-corrected chi connectivity index (χ4v) is 1.73. The van der Waals surface area contributed by atoms with Crippen molar-refractivity contribution in [1.29, 1.82) is 0 Å². The minimum absolute atomic E-state index is 0.159. The first-order valence-electron chi connectivity index (χ1n) is 5.75. The van der Waals surface area contributed by atoms with Gasteiger partial charge in [0, 0.05) is 18.5 Å². The third kappa shape index (κ3) is 3.66. The van der Waals surface area contributed by atoms with Gasteiger partial charge in [-0.15, -0.1) is 0 Å². The maximum Gasteiger partial charge on any atom is 0.222 e.